The van der Waals surface area contributed by atoms with Crippen LogP contribution in [0.5, 0.6) is 0 Å². The number of benzene rings is 1. The minimum atomic E-state index is -2.92. The van der Waals surface area contributed by atoms with Crippen molar-refractivity contribution in [3.05, 3.63) is 74.7 Å². The molecule has 6 rings (SSSR count). The quantitative estimate of drug-likeness (QED) is 0.240. The Balaban J connectivity index is 1.31. The summed E-state index contributed by atoms with van der Waals surface area (Å²) >= 11 is 6.23. The molecule has 1 aliphatic heterocycles. The van der Waals surface area contributed by atoms with E-state index < -0.39 is 30.8 Å². The first kappa shape index (κ1) is 31.2. The van der Waals surface area contributed by atoms with Crippen LogP contribution < -0.4 is 21.5 Å². The van der Waals surface area contributed by atoms with Gasteiger partial charge in [0, 0.05) is 35.4 Å². The SMILES string of the molecule is CC(C)Nc1cc(-c2ccc(Cl)cc2C(=O)N2CC(F)(F)C2)cc(NC(=O)c2cc(CNCC3CCC3)cn(C3CC3)c2=O)n1. The van der Waals surface area contributed by atoms with Crippen molar-refractivity contribution in [3.63, 3.8) is 0 Å². The van der Waals surface area contributed by atoms with E-state index in [2.05, 4.69) is 20.9 Å². The molecule has 0 unspecified atom stereocenters. The Morgan fingerprint density at radius 1 is 1.04 bits per heavy atom. The van der Waals surface area contributed by atoms with Gasteiger partial charge in [-0.2, -0.15) is 0 Å². The second-order valence-corrected chi connectivity index (χ2v) is 13.2. The molecular formula is C33H37ClF2N6O3. The van der Waals surface area contributed by atoms with Crippen molar-refractivity contribution in [3.8, 4) is 11.1 Å². The van der Waals surface area contributed by atoms with Gasteiger partial charge >= 0.3 is 0 Å². The van der Waals surface area contributed by atoms with Gasteiger partial charge in [-0.15, -0.1) is 0 Å². The fraction of sp³-hybridized carbons (Fsp3) is 0.455. The number of rotatable bonds is 11. The van der Waals surface area contributed by atoms with E-state index in [0.29, 0.717) is 29.4 Å². The van der Waals surface area contributed by atoms with Gasteiger partial charge in [-0.3, -0.25) is 14.4 Å². The molecule has 238 valence electrons. The monoisotopic (exact) mass is 638 g/mol. The van der Waals surface area contributed by atoms with E-state index in [0.717, 1.165) is 29.8 Å². The number of hydrogen-bond acceptors (Lipinski definition) is 6. The maximum Gasteiger partial charge on any atom is 0.282 e. The highest BCUT2D eigenvalue weighted by molar-refractivity contribution is 6.31. The predicted octanol–water partition coefficient (Wildman–Crippen LogP) is 5.95. The number of anilines is 2. The lowest BCUT2D eigenvalue weighted by Crippen LogP contribution is -2.58. The van der Waals surface area contributed by atoms with Crippen molar-refractivity contribution >= 4 is 35.1 Å². The molecule has 3 aromatic rings. The molecular weight excluding hydrogens is 602 g/mol. The molecule has 3 aliphatic rings. The van der Waals surface area contributed by atoms with E-state index >= 15 is 0 Å². The Labute approximate surface area is 265 Å². The maximum absolute atomic E-state index is 13.7. The fourth-order valence-electron chi connectivity index (χ4n) is 5.74. The van der Waals surface area contributed by atoms with Gasteiger partial charge in [0.25, 0.3) is 23.3 Å². The van der Waals surface area contributed by atoms with Crippen LogP contribution in [0.25, 0.3) is 11.1 Å². The second kappa shape index (κ2) is 12.5. The summed E-state index contributed by atoms with van der Waals surface area (Å²) in [6.45, 7) is 3.99. The number of amides is 2. The van der Waals surface area contributed by atoms with Crippen molar-refractivity contribution in [1.29, 1.82) is 0 Å². The number of likely N-dealkylation sites (tertiary alicyclic amines) is 1. The summed E-state index contributed by atoms with van der Waals surface area (Å²) in [5.74, 6) is -2.81. The Morgan fingerprint density at radius 2 is 1.78 bits per heavy atom. The van der Waals surface area contributed by atoms with Crippen LogP contribution in [0.3, 0.4) is 0 Å². The van der Waals surface area contributed by atoms with Crippen molar-refractivity contribution in [2.45, 2.75) is 70.5 Å². The van der Waals surface area contributed by atoms with Gasteiger partial charge in [0.05, 0.1) is 13.1 Å². The molecule has 2 saturated carbocycles. The highest BCUT2D eigenvalue weighted by Gasteiger charge is 2.46. The van der Waals surface area contributed by atoms with Crippen molar-refractivity contribution in [1.82, 2.24) is 19.8 Å². The van der Waals surface area contributed by atoms with Gasteiger partial charge in [-0.1, -0.05) is 24.1 Å². The molecule has 9 nitrogen and oxygen atoms in total. The number of aromatic nitrogens is 2. The van der Waals surface area contributed by atoms with E-state index in [1.165, 1.54) is 25.3 Å². The Bertz CT molecular complexity index is 1680. The summed E-state index contributed by atoms with van der Waals surface area (Å²) in [6, 6.07) is 9.73. The summed E-state index contributed by atoms with van der Waals surface area (Å²) in [6.07, 6.45) is 7.35. The van der Waals surface area contributed by atoms with E-state index in [-0.39, 0.29) is 39.6 Å². The summed E-state index contributed by atoms with van der Waals surface area (Å²) in [5, 5.41) is 9.77. The van der Waals surface area contributed by atoms with E-state index in [4.69, 9.17) is 11.6 Å². The lowest BCUT2D eigenvalue weighted by molar-refractivity contribution is -0.113. The number of hydrogen-bond donors (Lipinski definition) is 3. The Kier molecular flexibility index (Phi) is 8.67. The third-order valence-corrected chi connectivity index (χ3v) is 8.66. The third kappa shape index (κ3) is 7.20. The molecule has 45 heavy (non-hydrogen) atoms. The molecule has 2 aliphatic carbocycles. The summed E-state index contributed by atoms with van der Waals surface area (Å²) < 4.78 is 28.8. The maximum atomic E-state index is 13.7. The van der Waals surface area contributed by atoms with Crippen molar-refractivity contribution in [2.24, 2.45) is 5.92 Å². The number of alkyl halides is 2. The summed E-state index contributed by atoms with van der Waals surface area (Å²) in [5.41, 5.74) is 1.64. The molecule has 3 heterocycles. The third-order valence-electron chi connectivity index (χ3n) is 8.43. The lowest BCUT2D eigenvalue weighted by atomic mass is 9.85. The number of pyridine rings is 2. The first-order chi connectivity index (χ1) is 21.5. The molecule has 0 atom stereocenters. The average Bonchev–Trinajstić information content (AvgIpc) is 3.78. The molecule has 1 saturated heterocycles. The number of carbonyl (C=O) groups excluding carboxylic acids is 2. The standard InChI is InChI=1S/C33H37ClF2N6O3/c1-19(2)38-28-11-22(25-9-6-23(34)13-26(25)31(44)41-17-33(35,36)18-41)12-29(39-28)40-30(43)27-10-21(15-37-14-20-4-3-5-20)16-42(32(27)45)24-7-8-24/h6,9-13,16,19-20,24,37H,3-5,7-8,14-15,17-18H2,1-2H3,(H2,38,39,40,43). The van der Waals surface area contributed by atoms with Gasteiger partial charge in [-0.25, -0.2) is 13.8 Å². The predicted molar refractivity (Wildman–Crippen MR) is 170 cm³/mol. The topological polar surface area (TPSA) is 108 Å². The Morgan fingerprint density at radius 3 is 2.42 bits per heavy atom. The number of nitrogens with one attached hydrogen (secondary N) is 3. The minimum absolute atomic E-state index is 0.0131. The van der Waals surface area contributed by atoms with E-state index in [9.17, 15) is 23.2 Å². The van der Waals surface area contributed by atoms with Gasteiger partial charge in [0.15, 0.2) is 0 Å². The average molecular weight is 639 g/mol. The van der Waals surface area contributed by atoms with Crippen LogP contribution in [0.4, 0.5) is 20.4 Å². The van der Waals surface area contributed by atoms with Crippen LogP contribution in [0, 0.1) is 5.92 Å². The largest absolute Gasteiger partial charge is 0.368 e. The summed E-state index contributed by atoms with van der Waals surface area (Å²) in [4.78, 5) is 46.0. The molecule has 2 aromatic heterocycles. The van der Waals surface area contributed by atoms with Crippen LogP contribution in [0.2, 0.25) is 5.02 Å². The zero-order valence-corrected chi connectivity index (χ0v) is 26.1. The molecule has 0 spiro atoms. The normalized spacial score (nSPS) is 17.5. The molecule has 0 radical (unpaired) electrons. The molecule has 2 amide bonds. The smallest absolute Gasteiger partial charge is 0.282 e. The number of halogens is 3. The zero-order chi connectivity index (χ0) is 31.9. The van der Waals surface area contributed by atoms with Gasteiger partial charge in [0.2, 0.25) is 0 Å². The van der Waals surface area contributed by atoms with Gasteiger partial charge in [0.1, 0.15) is 17.2 Å². The number of carbonyl (C=O) groups is 2. The number of nitrogens with zero attached hydrogens (tertiary/aromatic N) is 3. The van der Waals surface area contributed by atoms with Crippen molar-refractivity contribution in [2.75, 3.05) is 30.3 Å². The first-order valence-electron chi connectivity index (χ1n) is 15.5. The van der Waals surface area contributed by atoms with Crippen LogP contribution >= 0.6 is 11.6 Å². The van der Waals surface area contributed by atoms with Gasteiger partial charge in [-0.05, 0) is 99.0 Å². The fourth-order valence-corrected chi connectivity index (χ4v) is 5.91. The molecule has 1 aromatic carbocycles. The highest BCUT2D eigenvalue weighted by Crippen LogP contribution is 2.35. The molecule has 0 bridgehead atoms. The highest BCUT2D eigenvalue weighted by atomic mass is 35.5. The molecule has 12 heteroatoms. The van der Waals surface area contributed by atoms with Gasteiger partial charge < -0.3 is 25.4 Å². The second-order valence-electron chi connectivity index (χ2n) is 12.7. The first-order valence-corrected chi connectivity index (χ1v) is 15.9. The lowest BCUT2D eigenvalue weighted by Gasteiger charge is -2.39. The van der Waals surface area contributed by atoms with Crippen LogP contribution in [0.15, 0.2) is 47.4 Å². The van der Waals surface area contributed by atoms with E-state index in [1.807, 2.05) is 20.0 Å². The molecule has 3 fully saturated rings. The van der Waals surface area contributed by atoms with Crippen LogP contribution in [0.1, 0.15) is 78.3 Å². The van der Waals surface area contributed by atoms with Crippen LogP contribution in [-0.2, 0) is 6.54 Å². The van der Waals surface area contributed by atoms with Crippen molar-refractivity contribution < 1.29 is 18.4 Å². The Hall–Kier alpha value is -3.83. The summed E-state index contributed by atoms with van der Waals surface area (Å²) in [7, 11) is 0. The molecule has 3 N–H and O–H groups in total. The minimum Gasteiger partial charge on any atom is -0.368 e. The van der Waals surface area contributed by atoms with Crippen LogP contribution in [-0.4, -0.2) is 57.9 Å². The zero-order valence-electron chi connectivity index (χ0n) is 25.3. The van der Waals surface area contributed by atoms with E-state index in [1.54, 1.807) is 34.9 Å².